The first-order valence-electron chi connectivity index (χ1n) is 8.57. The summed E-state index contributed by atoms with van der Waals surface area (Å²) in [5.74, 6) is -0.141. The predicted molar refractivity (Wildman–Crippen MR) is 98.1 cm³/mol. The van der Waals surface area contributed by atoms with Gasteiger partial charge in [-0.2, -0.15) is 0 Å². The highest BCUT2D eigenvalue weighted by Gasteiger charge is 2.31. The van der Waals surface area contributed by atoms with Crippen molar-refractivity contribution in [3.63, 3.8) is 0 Å². The summed E-state index contributed by atoms with van der Waals surface area (Å²) in [7, 11) is 0. The maximum atomic E-state index is 12.6. The Bertz CT molecular complexity index is 688. The Labute approximate surface area is 152 Å². The number of imide groups is 1. The molecule has 0 aliphatic heterocycles. The summed E-state index contributed by atoms with van der Waals surface area (Å²) in [5, 5.41) is 5.64. The normalized spacial score (nSPS) is 16.8. The molecular formula is C18H26N2O4S. The number of anilines is 1. The van der Waals surface area contributed by atoms with Gasteiger partial charge in [0.2, 0.25) is 5.91 Å². The van der Waals surface area contributed by atoms with Gasteiger partial charge in [-0.25, -0.2) is 4.79 Å². The van der Waals surface area contributed by atoms with E-state index in [-0.39, 0.29) is 12.5 Å². The Morgan fingerprint density at radius 3 is 2.56 bits per heavy atom. The van der Waals surface area contributed by atoms with E-state index < -0.39 is 17.4 Å². The van der Waals surface area contributed by atoms with Crippen molar-refractivity contribution >= 4 is 34.2 Å². The van der Waals surface area contributed by atoms with Gasteiger partial charge >= 0.3 is 6.09 Å². The molecule has 25 heavy (non-hydrogen) atoms. The zero-order valence-electron chi connectivity index (χ0n) is 15.4. The van der Waals surface area contributed by atoms with Crippen LogP contribution in [0.1, 0.15) is 61.8 Å². The summed E-state index contributed by atoms with van der Waals surface area (Å²) >= 11 is 1.43. The molecule has 0 aromatic carbocycles. The number of carbonyl (C=O) groups is 3. The van der Waals surface area contributed by atoms with Crippen LogP contribution in [0.5, 0.6) is 0 Å². The molecule has 0 fully saturated rings. The van der Waals surface area contributed by atoms with E-state index in [0.717, 1.165) is 29.7 Å². The van der Waals surface area contributed by atoms with Gasteiger partial charge in [0.1, 0.15) is 5.00 Å². The number of fused-ring (bicyclic) bond motifs is 1. The lowest BCUT2D eigenvalue weighted by Gasteiger charge is -2.19. The number of amides is 3. The molecule has 1 aliphatic rings. The van der Waals surface area contributed by atoms with Crippen LogP contribution in [0.2, 0.25) is 0 Å². The summed E-state index contributed by atoms with van der Waals surface area (Å²) in [5.41, 5.74) is 0.763. The maximum absolute atomic E-state index is 12.6. The zero-order valence-corrected chi connectivity index (χ0v) is 16.3. The van der Waals surface area contributed by atoms with Crippen molar-refractivity contribution in [2.24, 2.45) is 11.3 Å². The van der Waals surface area contributed by atoms with Gasteiger partial charge < -0.3 is 10.1 Å². The van der Waals surface area contributed by atoms with Crippen LogP contribution >= 0.6 is 11.3 Å². The fourth-order valence-electron chi connectivity index (χ4n) is 2.69. The topological polar surface area (TPSA) is 84.5 Å². The lowest BCUT2D eigenvalue weighted by atomic mass is 9.88. The Kier molecular flexibility index (Phi) is 5.87. The Morgan fingerprint density at radius 2 is 1.96 bits per heavy atom. The van der Waals surface area contributed by atoms with Gasteiger partial charge in [-0.1, -0.05) is 27.7 Å². The first-order chi connectivity index (χ1) is 11.6. The fraction of sp³-hybridized carbons (Fsp3) is 0.611. The summed E-state index contributed by atoms with van der Waals surface area (Å²) in [6, 6.07) is 0. The molecule has 0 saturated carbocycles. The van der Waals surface area contributed by atoms with E-state index in [1.54, 1.807) is 6.92 Å². The van der Waals surface area contributed by atoms with E-state index in [1.807, 2.05) is 20.8 Å². The van der Waals surface area contributed by atoms with Gasteiger partial charge in [-0.3, -0.25) is 14.9 Å². The number of hydrogen-bond acceptors (Lipinski definition) is 5. The second-order valence-electron chi connectivity index (χ2n) is 7.43. The smallest absolute Gasteiger partial charge is 0.414 e. The molecule has 0 bridgehead atoms. The largest absolute Gasteiger partial charge is 0.450 e. The molecule has 0 saturated heterocycles. The first-order valence-corrected chi connectivity index (χ1v) is 9.39. The third kappa shape index (κ3) is 4.60. The molecule has 0 unspecified atom stereocenters. The number of rotatable bonds is 3. The molecule has 1 atom stereocenters. The van der Waals surface area contributed by atoms with Crippen LogP contribution in [0.4, 0.5) is 9.80 Å². The van der Waals surface area contributed by atoms with Crippen LogP contribution in [0, 0.1) is 11.3 Å². The summed E-state index contributed by atoms with van der Waals surface area (Å²) in [4.78, 5) is 37.8. The summed E-state index contributed by atoms with van der Waals surface area (Å²) in [6.45, 7) is 9.48. The molecule has 1 heterocycles. The van der Waals surface area contributed by atoms with E-state index in [4.69, 9.17) is 4.74 Å². The molecule has 0 radical (unpaired) electrons. The molecule has 1 aromatic rings. The van der Waals surface area contributed by atoms with Crippen molar-refractivity contribution in [2.75, 3.05) is 11.9 Å². The molecule has 1 aromatic heterocycles. The Morgan fingerprint density at radius 1 is 1.28 bits per heavy atom. The van der Waals surface area contributed by atoms with Gasteiger partial charge in [0.25, 0.3) is 5.91 Å². The Hall–Kier alpha value is -1.89. The highest BCUT2D eigenvalue weighted by atomic mass is 32.1. The van der Waals surface area contributed by atoms with E-state index >= 15 is 0 Å². The lowest BCUT2D eigenvalue weighted by Crippen LogP contribution is -2.33. The van der Waals surface area contributed by atoms with Crippen LogP contribution in [0.15, 0.2) is 0 Å². The van der Waals surface area contributed by atoms with Crippen molar-refractivity contribution in [1.82, 2.24) is 5.32 Å². The molecular weight excluding hydrogens is 340 g/mol. The van der Waals surface area contributed by atoms with Crippen molar-refractivity contribution in [1.29, 1.82) is 0 Å². The maximum Gasteiger partial charge on any atom is 0.414 e. The minimum Gasteiger partial charge on any atom is -0.450 e. The molecule has 2 N–H and O–H groups in total. The minimum absolute atomic E-state index is 0.163. The molecule has 6 nitrogen and oxygen atoms in total. The van der Waals surface area contributed by atoms with Gasteiger partial charge in [0, 0.05) is 10.3 Å². The summed E-state index contributed by atoms with van der Waals surface area (Å²) < 4.78 is 4.79. The van der Waals surface area contributed by atoms with Gasteiger partial charge in [0.15, 0.2) is 0 Å². The molecule has 138 valence electrons. The molecule has 3 amide bonds. The number of ether oxygens (including phenoxy) is 1. The Balaban J connectivity index is 2.36. The van der Waals surface area contributed by atoms with Gasteiger partial charge in [-0.15, -0.1) is 11.3 Å². The van der Waals surface area contributed by atoms with Crippen LogP contribution in [-0.2, 0) is 22.4 Å². The molecule has 0 spiro atoms. The van der Waals surface area contributed by atoms with E-state index in [0.29, 0.717) is 16.5 Å². The monoisotopic (exact) mass is 366 g/mol. The van der Waals surface area contributed by atoms with E-state index in [2.05, 4.69) is 17.6 Å². The van der Waals surface area contributed by atoms with Crippen LogP contribution in [0.3, 0.4) is 0 Å². The fourth-order valence-corrected chi connectivity index (χ4v) is 4.10. The number of alkyl carbamates (subject to hydrolysis) is 1. The predicted octanol–water partition coefficient (Wildman–Crippen LogP) is 3.74. The van der Waals surface area contributed by atoms with E-state index in [1.165, 1.54) is 11.3 Å². The van der Waals surface area contributed by atoms with Crippen molar-refractivity contribution in [3.05, 3.63) is 16.0 Å². The highest BCUT2D eigenvalue weighted by molar-refractivity contribution is 7.17. The highest BCUT2D eigenvalue weighted by Crippen LogP contribution is 2.40. The molecule has 7 heteroatoms. The average molecular weight is 366 g/mol. The van der Waals surface area contributed by atoms with Crippen molar-refractivity contribution < 1.29 is 19.1 Å². The zero-order chi connectivity index (χ0) is 18.8. The standard InChI is InChI=1S/C18H26N2O4S/c1-6-24-17(23)19-14(21)13-11-8-7-10(2)9-12(11)25-15(13)20-16(22)18(3,4)5/h10H,6-9H2,1-5H3,(H,20,22)(H,19,21,23)/t10-/m0/s1. The van der Waals surface area contributed by atoms with Gasteiger partial charge in [-0.05, 0) is 37.7 Å². The number of thiophene rings is 1. The van der Waals surface area contributed by atoms with Crippen LogP contribution < -0.4 is 10.6 Å². The van der Waals surface area contributed by atoms with Crippen molar-refractivity contribution in [2.45, 2.75) is 53.9 Å². The number of hydrogen-bond donors (Lipinski definition) is 2. The van der Waals surface area contributed by atoms with E-state index in [9.17, 15) is 14.4 Å². The third-order valence-electron chi connectivity index (χ3n) is 4.14. The SMILES string of the molecule is CCOC(=O)NC(=O)c1c(NC(=O)C(C)(C)C)sc2c1CC[C@H](C)C2. The van der Waals surface area contributed by atoms with Gasteiger partial charge in [0.05, 0.1) is 12.2 Å². The quantitative estimate of drug-likeness (QED) is 0.853. The molecule has 2 rings (SSSR count). The average Bonchev–Trinajstić information content (AvgIpc) is 2.83. The molecule has 1 aliphatic carbocycles. The number of carbonyl (C=O) groups excluding carboxylic acids is 3. The lowest BCUT2D eigenvalue weighted by molar-refractivity contribution is -0.123. The van der Waals surface area contributed by atoms with Crippen LogP contribution in [0.25, 0.3) is 0 Å². The second kappa shape index (κ2) is 7.56. The van der Waals surface area contributed by atoms with Crippen LogP contribution in [-0.4, -0.2) is 24.5 Å². The second-order valence-corrected chi connectivity index (χ2v) is 8.54. The third-order valence-corrected chi connectivity index (χ3v) is 5.31. The summed E-state index contributed by atoms with van der Waals surface area (Å²) in [6.07, 6.45) is 1.86. The first kappa shape index (κ1) is 19.4. The minimum atomic E-state index is -0.773. The van der Waals surface area contributed by atoms with Crippen molar-refractivity contribution in [3.8, 4) is 0 Å². The number of nitrogens with one attached hydrogen (secondary N) is 2.